The molecule has 0 aromatic heterocycles. The molecule has 1 aromatic rings. The number of nitrogens with two attached hydrogens (primary N) is 1. The van der Waals surface area contributed by atoms with Gasteiger partial charge in [0, 0.05) is 18.7 Å². The molecule has 1 aliphatic heterocycles. The van der Waals surface area contributed by atoms with Gasteiger partial charge in [0.15, 0.2) is 0 Å². The number of β-amino-alcohol motifs (C(OH)–C–C–N with tert-alkyl or cyclic N) is 1. The standard InChI is InChI=1S/C12H17BN2O3/c14-8-18-13-5-9-1-3-10(4-2-9)12(17)15-6-11(16)7-15/h1-4,11,13,16H,5-8,14H2. The van der Waals surface area contributed by atoms with Gasteiger partial charge in [-0.1, -0.05) is 17.7 Å². The van der Waals surface area contributed by atoms with E-state index in [9.17, 15) is 4.79 Å². The third-order valence-corrected chi connectivity index (χ3v) is 3.00. The Labute approximate surface area is 107 Å². The smallest absolute Gasteiger partial charge is 0.281 e. The molecule has 0 unspecified atom stereocenters. The van der Waals surface area contributed by atoms with E-state index in [2.05, 4.69) is 0 Å². The first-order valence-corrected chi connectivity index (χ1v) is 6.05. The third-order valence-electron chi connectivity index (χ3n) is 3.00. The number of benzene rings is 1. The van der Waals surface area contributed by atoms with E-state index in [4.69, 9.17) is 15.5 Å². The van der Waals surface area contributed by atoms with Crippen LogP contribution in [0.1, 0.15) is 15.9 Å². The summed E-state index contributed by atoms with van der Waals surface area (Å²) < 4.78 is 5.07. The number of carbonyl (C=O) groups is 1. The fourth-order valence-electron chi connectivity index (χ4n) is 1.89. The zero-order chi connectivity index (χ0) is 13.0. The topological polar surface area (TPSA) is 75.8 Å². The van der Waals surface area contributed by atoms with Crippen molar-refractivity contribution in [2.45, 2.75) is 12.4 Å². The molecule has 18 heavy (non-hydrogen) atoms. The monoisotopic (exact) mass is 248 g/mol. The summed E-state index contributed by atoms with van der Waals surface area (Å²) in [6.07, 6.45) is 0.426. The fourth-order valence-corrected chi connectivity index (χ4v) is 1.89. The quantitative estimate of drug-likeness (QED) is 0.410. The molecule has 0 spiro atoms. The normalized spacial score (nSPS) is 15.3. The highest BCUT2D eigenvalue weighted by Crippen LogP contribution is 2.14. The van der Waals surface area contributed by atoms with Crippen molar-refractivity contribution < 1.29 is 14.6 Å². The number of aliphatic hydroxyl groups excluding tert-OH is 1. The predicted molar refractivity (Wildman–Crippen MR) is 69.3 cm³/mol. The lowest BCUT2D eigenvalue weighted by Gasteiger charge is -2.35. The van der Waals surface area contributed by atoms with E-state index in [1.807, 2.05) is 24.3 Å². The lowest BCUT2D eigenvalue weighted by Crippen LogP contribution is -2.53. The van der Waals surface area contributed by atoms with Crippen LogP contribution in [0.25, 0.3) is 0 Å². The molecule has 1 heterocycles. The minimum atomic E-state index is -0.360. The lowest BCUT2D eigenvalue weighted by atomic mass is 9.89. The third kappa shape index (κ3) is 3.10. The lowest BCUT2D eigenvalue weighted by molar-refractivity contribution is 0.00589. The summed E-state index contributed by atoms with van der Waals surface area (Å²) >= 11 is 0. The van der Waals surface area contributed by atoms with Gasteiger partial charge in [-0.15, -0.1) is 0 Å². The number of rotatable bonds is 5. The van der Waals surface area contributed by atoms with Crippen LogP contribution in [-0.4, -0.2) is 49.3 Å². The van der Waals surface area contributed by atoms with Gasteiger partial charge in [0.2, 0.25) is 0 Å². The van der Waals surface area contributed by atoms with Gasteiger partial charge in [-0.2, -0.15) is 0 Å². The Morgan fingerprint density at radius 1 is 1.44 bits per heavy atom. The Balaban J connectivity index is 1.89. The Hall–Kier alpha value is -1.37. The van der Waals surface area contributed by atoms with E-state index < -0.39 is 0 Å². The van der Waals surface area contributed by atoms with Crippen molar-refractivity contribution in [1.82, 2.24) is 4.90 Å². The van der Waals surface area contributed by atoms with Crippen molar-refractivity contribution in [3.63, 3.8) is 0 Å². The van der Waals surface area contributed by atoms with E-state index in [1.54, 1.807) is 4.90 Å². The van der Waals surface area contributed by atoms with Crippen LogP contribution in [0.2, 0.25) is 0 Å². The van der Waals surface area contributed by atoms with Crippen LogP contribution < -0.4 is 5.73 Å². The van der Waals surface area contributed by atoms with Gasteiger partial charge >= 0.3 is 0 Å². The van der Waals surface area contributed by atoms with Gasteiger partial charge in [-0.05, 0) is 18.5 Å². The fraction of sp³-hybridized carbons (Fsp3) is 0.417. The van der Waals surface area contributed by atoms with Gasteiger partial charge in [-0.3, -0.25) is 4.79 Å². The molecule has 0 bridgehead atoms. The largest absolute Gasteiger partial charge is 0.427 e. The second kappa shape index (κ2) is 5.99. The highest BCUT2D eigenvalue weighted by Gasteiger charge is 2.29. The molecule has 1 aliphatic rings. The molecule has 1 amide bonds. The minimum Gasteiger partial charge on any atom is -0.427 e. The Kier molecular flexibility index (Phi) is 4.35. The average Bonchev–Trinajstić information content (AvgIpc) is 2.35. The summed E-state index contributed by atoms with van der Waals surface area (Å²) in [5.74, 6) is -0.0231. The van der Waals surface area contributed by atoms with E-state index >= 15 is 0 Å². The molecule has 6 heteroatoms. The Bertz CT molecular complexity index is 404. The van der Waals surface area contributed by atoms with Crippen LogP contribution in [0.3, 0.4) is 0 Å². The van der Waals surface area contributed by atoms with Crippen molar-refractivity contribution in [3.05, 3.63) is 35.4 Å². The van der Waals surface area contributed by atoms with Crippen LogP contribution in [0.4, 0.5) is 0 Å². The number of carbonyl (C=O) groups excluding carboxylic acids is 1. The van der Waals surface area contributed by atoms with Crippen molar-refractivity contribution >= 4 is 13.4 Å². The average molecular weight is 248 g/mol. The summed E-state index contributed by atoms with van der Waals surface area (Å²) in [5.41, 5.74) is 7.00. The van der Waals surface area contributed by atoms with Crippen molar-refractivity contribution in [3.8, 4) is 0 Å². The SMILES string of the molecule is NCOBCc1ccc(C(=O)N2CC(O)C2)cc1. The highest BCUT2D eigenvalue weighted by molar-refractivity contribution is 6.26. The van der Waals surface area contributed by atoms with E-state index in [0.29, 0.717) is 26.1 Å². The molecule has 1 fully saturated rings. The summed E-state index contributed by atoms with van der Waals surface area (Å²) in [4.78, 5) is 13.6. The first-order chi connectivity index (χ1) is 8.70. The van der Waals surface area contributed by atoms with Crippen molar-refractivity contribution in [2.24, 2.45) is 5.73 Å². The first kappa shape index (κ1) is 13.1. The van der Waals surface area contributed by atoms with Gasteiger partial charge < -0.3 is 20.4 Å². The zero-order valence-electron chi connectivity index (χ0n) is 10.2. The Morgan fingerprint density at radius 3 is 2.67 bits per heavy atom. The second-order valence-electron chi connectivity index (χ2n) is 4.39. The summed E-state index contributed by atoms with van der Waals surface area (Å²) in [6.45, 7) is 1.10. The molecule has 2 rings (SSSR count). The number of hydrogen-bond acceptors (Lipinski definition) is 4. The maximum absolute atomic E-state index is 11.9. The Morgan fingerprint density at radius 2 is 2.11 bits per heavy atom. The molecule has 96 valence electrons. The number of hydrogen-bond donors (Lipinski definition) is 2. The molecular formula is C12H17BN2O3. The molecule has 0 radical (unpaired) electrons. The van der Waals surface area contributed by atoms with Crippen molar-refractivity contribution in [1.29, 1.82) is 0 Å². The number of nitrogens with zero attached hydrogens (tertiary/aromatic N) is 1. The van der Waals surface area contributed by atoms with Crippen LogP contribution in [0, 0.1) is 0 Å². The first-order valence-electron chi connectivity index (χ1n) is 6.05. The van der Waals surface area contributed by atoms with Gasteiger partial charge in [0.05, 0.1) is 12.8 Å². The number of likely N-dealkylation sites (tertiary alicyclic amines) is 1. The number of amides is 1. The highest BCUT2D eigenvalue weighted by atomic mass is 16.4. The zero-order valence-corrected chi connectivity index (χ0v) is 10.2. The van der Waals surface area contributed by atoms with Crippen LogP contribution >= 0.6 is 0 Å². The van der Waals surface area contributed by atoms with Gasteiger partial charge in [0.1, 0.15) is 0 Å². The molecule has 0 aliphatic carbocycles. The molecule has 0 saturated carbocycles. The molecule has 5 nitrogen and oxygen atoms in total. The second-order valence-corrected chi connectivity index (χ2v) is 4.39. The maximum atomic E-state index is 11.9. The molecular weight excluding hydrogens is 231 g/mol. The maximum Gasteiger partial charge on any atom is 0.281 e. The molecule has 1 saturated heterocycles. The van der Waals surface area contributed by atoms with Crippen LogP contribution in [-0.2, 0) is 11.0 Å². The van der Waals surface area contributed by atoms with Gasteiger partial charge in [0.25, 0.3) is 13.4 Å². The number of aliphatic hydroxyl groups is 1. The van der Waals surface area contributed by atoms with Gasteiger partial charge in [-0.25, -0.2) is 0 Å². The van der Waals surface area contributed by atoms with Crippen molar-refractivity contribution in [2.75, 3.05) is 19.8 Å². The predicted octanol–water partition coefficient (Wildman–Crippen LogP) is -0.712. The van der Waals surface area contributed by atoms with Crippen LogP contribution in [0.5, 0.6) is 0 Å². The van der Waals surface area contributed by atoms with Crippen LogP contribution in [0.15, 0.2) is 24.3 Å². The molecule has 0 atom stereocenters. The van der Waals surface area contributed by atoms with E-state index in [1.165, 1.54) is 0 Å². The summed E-state index contributed by atoms with van der Waals surface area (Å²) in [5, 5.41) is 9.16. The minimum absolute atomic E-state index is 0.0231. The summed E-state index contributed by atoms with van der Waals surface area (Å²) in [6, 6.07) is 7.46. The van der Waals surface area contributed by atoms with E-state index in [0.717, 1.165) is 11.9 Å². The van der Waals surface area contributed by atoms with E-state index in [-0.39, 0.29) is 18.7 Å². The summed E-state index contributed by atoms with van der Waals surface area (Å²) in [7, 11) is 0.585. The molecule has 1 aromatic carbocycles. The molecule has 3 N–H and O–H groups in total.